The minimum Gasteiger partial charge on any atom is -0.497 e. The molecule has 152 valence electrons. The molecule has 7 heteroatoms. The summed E-state index contributed by atoms with van der Waals surface area (Å²) in [4.78, 5) is 17.1. The van der Waals surface area contributed by atoms with E-state index in [9.17, 15) is 4.79 Å². The Kier molecular flexibility index (Phi) is 5.52. The van der Waals surface area contributed by atoms with E-state index in [2.05, 4.69) is 10.3 Å². The van der Waals surface area contributed by atoms with Gasteiger partial charge in [-0.3, -0.25) is 4.79 Å². The number of carbonyl (C=O) groups excluding carboxylic acids is 1. The van der Waals surface area contributed by atoms with Crippen LogP contribution in [0.5, 0.6) is 11.5 Å². The van der Waals surface area contributed by atoms with Crippen LogP contribution in [0.1, 0.15) is 16.1 Å². The van der Waals surface area contributed by atoms with Gasteiger partial charge < -0.3 is 23.6 Å². The van der Waals surface area contributed by atoms with Crippen molar-refractivity contribution in [2.45, 2.75) is 6.54 Å². The normalized spacial score (nSPS) is 10.6. The Morgan fingerprint density at radius 2 is 1.90 bits per heavy atom. The van der Waals surface area contributed by atoms with Gasteiger partial charge >= 0.3 is 0 Å². The molecule has 0 saturated carbocycles. The van der Waals surface area contributed by atoms with E-state index in [0.29, 0.717) is 46.6 Å². The SMILES string of the molecule is COc1ccc(-c2cnc(-c3ccccc3C(=O)NCc3ccco3)o2)c(OC)c1. The van der Waals surface area contributed by atoms with Crippen molar-refractivity contribution in [3.05, 3.63) is 78.4 Å². The van der Waals surface area contributed by atoms with Crippen LogP contribution in [0.25, 0.3) is 22.8 Å². The van der Waals surface area contributed by atoms with E-state index in [-0.39, 0.29) is 5.91 Å². The van der Waals surface area contributed by atoms with Crippen molar-refractivity contribution < 1.29 is 23.1 Å². The summed E-state index contributed by atoms with van der Waals surface area (Å²) in [6, 6.07) is 16.1. The Balaban J connectivity index is 1.62. The molecule has 0 bridgehead atoms. The van der Waals surface area contributed by atoms with Crippen LogP contribution in [0.4, 0.5) is 0 Å². The molecule has 2 aromatic carbocycles. The summed E-state index contributed by atoms with van der Waals surface area (Å²) in [5, 5.41) is 2.84. The van der Waals surface area contributed by atoms with Crippen LogP contribution in [0, 0.1) is 0 Å². The van der Waals surface area contributed by atoms with Gasteiger partial charge in [-0.25, -0.2) is 4.98 Å². The maximum Gasteiger partial charge on any atom is 0.252 e. The van der Waals surface area contributed by atoms with Crippen LogP contribution in [-0.4, -0.2) is 25.1 Å². The van der Waals surface area contributed by atoms with E-state index in [0.717, 1.165) is 5.56 Å². The zero-order valence-electron chi connectivity index (χ0n) is 16.5. The number of methoxy groups -OCH3 is 2. The molecule has 0 aliphatic rings. The number of carbonyl (C=O) groups is 1. The minimum absolute atomic E-state index is 0.247. The van der Waals surface area contributed by atoms with Gasteiger partial charge in [0.25, 0.3) is 5.91 Å². The lowest BCUT2D eigenvalue weighted by atomic mass is 10.1. The fourth-order valence-electron chi connectivity index (χ4n) is 3.07. The maximum absolute atomic E-state index is 12.7. The second kappa shape index (κ2) is 8.57. The second-order valence-corrected chi connectivity index (χ2v) is 6.40. The topological polar surface area (TPSA) is 86.7 Å². The van der Waals surface area contributed by atoms with Crippen LogP contribution in [0.15, 0.2) is 75.9 Å². The standard InChI is InChI=1S/C23H20N2O5/c1-27-15-9-10-19(20(12-15)28-2)21-14-25-23(30-21)18-8-4-3-7-17(18)22(26)24-13-16-6-5-11-29-16/h3-12,14H,13H2,1-2H3,(H,24,26). The Bertz CT molecular complexity index is 1150. The monoisotopic (exact) mass is 404 g/mol. The van der Waals surface area contributed by atoms with Gasteiger partial charge in [0.1, 0.15) is 17.3 Å². The quantitative estimate of drug-likeness (QED) is 0.486. The Morgan fingerprint density at radius 1 is 1.03 bits per heavy atom. The van der Waals surface area contributed by atoms with E-state index in [1.807, 2.05) is 18.2 Å². The number of benzene rings is 2. The van der Waals surface area contributed by atoms with Gasteiger partial charge in [-0.05, 0) is 36.4 Å². The van der Waals surface area contributed by atoms with Gasteiger partial charge in [0.05, 0.1) is 44.4 Å². The zero-order valence-corrected chi connectivity index (χ0v) is 16.5. The lowest BCUT2D eigenvalue weighted by Crippen LogP contribution is -2.23. The summed E-state index contributed by atoms with van der Waals surface area (Å²) >= 11 is 0. The Hall–Kier alpha value is -4.00. The van der Waals surface area contributed by atoms with Gasteiger partial charge in [0.15, 0.2) is 5.76 Å². The highest BCUT2D eigenvalue weighted by Crippen LogP contribution is 2.35. The van der Waals surface area contributed by atoms with E-state index >= 15 is 0 Å². The Labute approximate surface area is 173 Å². The third-order valence-electron chi connectivity index (χ3n) is 4.59. The van der Waals surface area contributed by atoms with E-state index in [1.165, 1.54) is 0 Å². The molecule has 0 spiro atoms. The van der Waals surface area contributed by atoms with Crippen LogP contribution in [0.3, 0.4) is 0 Å². The van der Waals surface area contributed by atoms with Crippen LogP contribution < -0.4 is 14.8 Å². The highest BCUT2D eigenvalue weighted by atomic mass is 16.5. The minimum atomic E-state index is -0.247. The van der Waals surface area contributed by atoms with Gasteiger partial charge in [0.2, 0.25) is 5.89 Å². The average Bonchev–Trinajstić information content (AvgIpc) is 3.49. The van der Waals surface area contributed by atoms with Crippen molar-refractivity contribution in [1.29, 1.82) is 0 Å². The Morgan fingerprint density at radius 3 is 2.67 bits per heavy atom. The first kappa shape index (κ1) is 19.3. The molecule has 7 nitrogen and oxygen atoms in total. The summed E-state index contributed by atoms with van der Waals surface area (Å²) in [5.74, 6) is 2.56. The first-order valence-corrected chi connectivity index (χ1v) is 9.28. The fraction of sp³-hybridized carbons (Fsp3) is 0.130. The zero-order chi connectivity index (χ0) is 20.9. The summed E-state index contributed by atoms with van der Waals surface area (Å²) in [7, 11) is 3.17. The van der Waals surface area contributed by atoms with Crippen molar-refractivity contribution in [2.75, 3.05) is 14.2 Å². The molecule has 4 aromatic rings. The van der Waals surface area contributed by atoms with Crippen molar-refractivity contribution in [3.63, 3.8) is 0 Å². The number of rotatable bonds is 7. The molecular weight excluding hydrogens is 384 g/mol. The maximum atomic E-state index is 12.7. The molecule has 0 saturated heterocycles. The number of hydrogen-bond donors (Lipinski definition) is 1. The van der Waals surface area contributed by atoms with E-state index < -0.39 is 0 Å². The van der Waals surface area contributed by atoms with Gasteiger partial charge in [-0.2, -0.15) is 0 Å². The number of aromatic nitrogens is 1. The lowest BCUT2D eigenvalue weighted by molar-refractivity contribution is 0.0948. The molecule has 30 heavy (non-hydrogen) atoms. The lowest BCUT2D eigenvalue weighted by Gasteiger charge is -2.09. The number of furan rings is 1. The third-order valence-corrected chi connectivity index (χ3v) is 4.59. The summed E-state index contributed by atoms with van der Waals surface area (Å²) in [6.07, 6.45) is 3.17. The molecule has 1 amide bonds. The first-order valence-electron chi connectivity index (χ1n) is 9.28. The third kappa shape index (κ3) is 3.91. The second-order valence-electron chi connectivity index (χ2n) is 6.40. The molecule has 0 radical (unpaired) electrons. The summed E-state index contributed by atoms with van der Waals surface area (Å²) in [6.45, 7) is 0.292. The molecule has 2 aromatic heterocycles. The van der Waals surface area contributed by atoms with Crippen molar-refractivity contribution >= 4 is 5.91 Å². The van der Waals surface area contributed by atoms with Crippen LogP contribution >= 0.6 is 0 Å². The molecule has 0 aliphatic carbocycles. The number of nitrogens with zero attached hydrogens (tertiary/aromatic N) is 1. The molecule has 1 N–H and O–H groups in total. The number of amides is 1. The summed E-state index contributed by atoms with van der Waals surface area (Å²) in [5.41, 5.74) is 1.78. The fourth-order valence-corrected chi connectivity index (χ4v) is 3.07. The van der Waals surface area contributed by atoms with E-state index in [1.54, 1.807) is 63.1 Å². The molecule has 0 aliphatic heterocycles. The predicted molar refractivity (Wildman–Crippen MR) is 110 cm³/mol. The highest BCUT2D eigenvalue weighted by Gasteiger charge is 2.18. The largest absolute Gasteiger partial charge is 0.497 e. The van der Waals surface area contributed by atoms with Crippen LogP contribution in [0.2, 0.25) is 0 Å². The van der Waals surface area contributed by atoms with Crippen molar-refractivity contribution in [3.8, 4) is 34.3 Å². The molecular formula is C23H20N2O5. The molecule has 2 heterocycles. The van der Waals surface area contributed by atoms with Crippen molar-refractivity contribution in [2.24, 2.45) is 0 Å². The smallest absolute Gasteiger partial charge is 0.252 e. The number of oxazole rings is 1. The highest BCUT2D eigenvalue weighted by molar-refractivity contribution is 6.00. The van der Waals surface area contributed by atoms with Gasteiger partial charge in [-0.1, -0.05) is 12.1 Å². The molecule has 0 fully saturated rings. The van der Waals surface area contributed by atoms with Crippen LogP contribution in [-0.2, 0) is 6.54 Å². The number of ether oxygens (including phenoxy) is 2. The van der Waals surface area contributed by atoms with Gasteiger partial charge in [0, 0.05) is 11.6 Å². The van der Waals surface area contributed by atoms with Crippen molar-refractivity contribution in [1.82, 2.24) is 10.3 Å². The molecule has 0 atom stereocenters. The number of hydrogen-bond acceptors (Lipinski definition) is 6. The molecule has 4 rings (SSSR count). The molecule has 0 unspecified atom stereocenters. The van der Waals surface area contributed by atoms with Gasteiger partial charge in [-0.15, -0.1) is 0 Å². The average molecular weight is 404 g/mol. The first-order chi connectivity index (χ1) is 14.7. The predicted octanol–water partition coefficient (Wildman–Crippen LogP) is 4.55. The van der Waals surface area contributed by atoms with E-state index in [4.69, 9.17) is 18.3 Å². The summed E-state index contributed by atoms with van der Waals surface area (Å²) < 4.78 is 21.9. The number of nitrogens with one attached hydrogen (secondary N) is 1.